The van der Waals surface area contributed by atoms with Crippen molar-refractivity contribution in [3.8, 4) is 5.75 Å². The Labute approximate surface area is 251 Å². The summed E-state index contributed by atoms with van der Waals surface area (Å²) in [6.45, 7) is 2.56. The summed E-state index contributed by atoms with van der Waals surface area (Å²) in [5, 5.41) is 14.6. The van der Waals surface area contributed by atoms with Crippen LogP contribution in [0.1, 0.15) is 43.7 Å². The molecule has 3 aromatic rings. The van der Waals surface area contributed by atoms with E-state index in [9.17, 15) is 28.1 Å². The lowest BCUT2D eigenvalue weighted by Crippen LogP contribution is -2.52. The molecule has 0 radical (unpaired) electrons. The van der Waals surface area contributed by atoms with E-state index in [0.717, 1.165) is 41.6 Å². The molecule has 2 amide bonds. The molecule has 3 aromatic carbocycles. The smallest absolute Gasteiger partial charge is 0.273 e. The van der Waals surface area contributed by atoms with E-state index in [1.165, 1.54) is 43.2 Å². The number of hydrogen-bond donors (Lipinski definition) is 1. The summed E-state index contributed by atoms with van der Waals surface area (Å²) >= 11 is 0. The number of carbonyl (C=O) groups excluding carboxylic acids is 2. The second-order valence-corrected chi connectivity index (χ2v) is 12.5. The topological polar surface area (TPSA) is 139 Å². The number of ether oxygens (including phenoxy) is 1. The predicted octanol–water partition coefficient (Wildman–Crippen LogP) is 4.58. The highest BCUT2D eigenvalue weighted by Crippen LogP contribution is 2.29. The number of anilines is 1. The Morgan fingerprint density at radius 3 is 2.30 bits per heavy atom. The molecule has 0 heterocycles. The number of nitro groups is 1. The lowest BCUT2D eigenvalue weighted by atomic mass is 10.1. The highest BCUT2D eigenvalue weighted by atomic mass is 32.2. The minimum Gasteiger partial charge on any atom is -0.497 e. The zero-order valence-electron chi connectivity index (χ0n) is 24.4. The normalized spacial score (nSPS) is 14.1. The molecular formula is C31H36N4O7S. The zero-order valence-corrected chi connectivity index (χ0v) is 25.2. The lowest BCUT2D eigenvalue weighted by molar-refractivity contribution is -0.385. The maximum absolute atomic E-state index is 14.1. The van der Waals surface area contributed by atoms with Gasteiger partial charge in [0.25, 0.3) is 15.7 Å². The first-order chi connectivity index (χ1) is 20.5. The zero-order chi connectivity index (χ0) is 31.1. The third kappa shape index (κ3) is 7.50. The molecule has 1 N–H and O–H groups in total. The molecule has 0 aliphatic heterocycles. The summed E-state index contributed by atoms with van der Waals surface area (Å²) in [7, 11) is -3.00. The first-order valence-electron chi connectivity index (χ1n) is 14.1. The molecule has 12 heteroatoms. The van der Waals surface area contributed by atoms with E-state index < -0.39 is 33.4 Å². The van der Waals surface area contributed by atoms with E-state index in [-0.39, 0.29) is 34.8 Å². The number of hydrogen-bond acceptors (Lipinski definition) is 7. The molecule has 0 spiro atoms. The van der Waals surface area contributed by atoms with Gasteiger partial charge in [-0.3, -0.25) is 24.0 Å². The standard InChI is InChI=1S/C31H36N4O7S/c1-22-13-18-28(19-29(22)35(38)39)43(40,41)34(26-14-16-27(42-3)17-15-26)21-30(36)33(20-24-9-5-4-6-10-24)23(2)31(37)32-25-11-7-8-12-25/h4-6,9-10,13-19,23,25H,7-8,11-12,20-21H2,1-3H3,(H,32,37). The SMILES string of the molecule is COc1ccc(N(CC(=O)N(Cc2ccccc2)C(C)C(=O)NC2CCCC2)S(=O)(=O)c2ccc(C)c([N+](=O)[O-])c2)cc1. The van der Waals surface area contributed by atoms with Gasteiger partial charge in [-0.15, -0.1) is 0 Å². The molecule has 0 aromatic heterocycles. The lowest BCUT2D eigenvalue weighted by Gasteiger charge is -2.32. The molecule has 43 heavy (non-hydrogen) atoms. The molecular weight excluding hydrogens is 572 g/mol. The van der Waals surface area contributed by atoms with Gasteiger partial charge in [-0.1, -0.05) is 49.2 Å². The number of nitrogens with one attached hydrogen (secondary N) is 1. The number of aryl methyl sites for hydroxylation is 1. The number of amides is 2. The Morgan fingerprint density at radius 1 is 1.05 bits per heavy atom. The van der Waals surface area contributed by atoms with Gasteiger partial charge in [0.1, 0.15) is 18.3 Å². The van der Waals surface area contributed by atoms with E-state index in [1.807, 2.05) is 30.3 Å². The van der Waals surface area contributed by atoms with Gasteiger partial charge < -0.3 is 15.0 Å². The largest absolute Gasteiger partial charge is 0.497 e. The molecule has 0 saturated heterocycles. The monoisotopic (exact) mass is 608 g/mol. The molecule has 1 aliphatic carbocycles. The van der Waals surface area contributed by atoms with Crippen molar-refractivity contribution in [2.45, 2.75) is 63.1 Å². The van der Waals surface area contributed by atoms with Gasteiger partial charge in [0.05, 0.1) is 22.6 Å². The van der Waals surface area contributed by atoms with E-state index >= 15 is 0 Å². The van der Waals surface area contributed by atoms with Gasteiger partial charge in [-0.05, 0) is 62.6 Å². The number of benzene rings is 3. The van der Waals surface area contributed by atoms with Crippen LogP contribution in [0.2, 0.25) is 0 Å². The molecule has 4 rings (SSSR count). The van der Waals surface area contributed by atoms with Crippen LogP contribution in [-0.2, 0) is 26.2 Å². The fraction of sp³-hybridized carbons (Fsp3) is 0.355. The second kappa shape index (κ2) is 13.7. The van der Waals surface area contributed by atoms with Crippen LogP contribution < -0.4 is 14.4 Å². The maximum Gasteiger partial charge on any atom is 0.273 e. The van der Waals surface area contributed by atoms with Gasteiger partial charge in [-0.2, -0.15) is 0 Å². The molecule has 1 atom stereocenters. The van der Waals surface area contributed by atoms with Gasteiger partial charge >= 0.3 is 0 Å². The van der Waals surface area contributed by atoms with Crippen LogP contribution in [0.3, 0.4) is 0 Å². The number of nitrogens with zero attached hydrogens (tertiary/aromatic N) is 3. The van der Waals surface area contributed by atoms with Crippen molar-refractivity contribution in [2.24, 2.45) is 0 Å². The highest BCUT2D eigenvalue weighted by Gasteiger charge is 2.34. The Morgan fingerprint density at radius 2 is 1.70 bits per heavy atom. The van der Waals surface area contributed by atoms with Gasteiger partial charge in [0.2, 0.25) is 11.8 Å². The number of methoxy groups -OCH3 is 1. The van der Waals surface area contributed by atoms with Crippen molar-refractivity contribution in [3.05, 3.63) is 94.0 Å². The maximum atomic E-state index is 14.1. The summed E-state index contributed by atoms with van der Waals surface area (Å²) in [6, 6.07) is 18.0. The number of sulfonamides is 1. The summed E-state index contributed by atoms with van der Waals surface area (Å²) in [4.78, 5) is 39.3. The van der Waals surface area contributed by atoms with Crippen molar-refractivity contribution in [3.63, 3.8) is 0 Å². The predicted molar refractivity (Wildman–Crippen MR) is 162 cm³/mol. The van der Waals surface area contributed by atoms with Crippen molar-refractivity contribution in [1.29, 1.82) is 0 Å². The van der Waals surface area contributed by atoms with Crippen molar-refractivity contribution >= 4 is 33.2 Å². The fourth-order valence-electron chi connectivity index (χ4n) is 5.11. The van der Waals surface area contributed by atoms with Gasteiger partial charge in [0, 0.05) is 24.2 Å². The molecule has 1 unspecified atom stereocenters. The Hall–Kier alpha value is -4.45. The van der Waals surface area contributed by atoms with Crippen LogP contribution >= 0.6 is 0 Å². The minimum absolute atomic E-state index is 0.0390. The third-order valence-corrected chi connectivity index (χ3v) is 9.44. The summed E-state index contributed by atoms with van der Waals surface area (Å²) in [6.07, 6.45) is 3.80. The number of nitro benzene ring substituents is 1. The van der Waals surface area contributed by atoms with Crippen LogP contribution in [0.15, 0.2) is 77.7 Å². The van der Waals surface area contributed by atoms with Crippen molar-refractivity contribution in [2.75, 3.05) is 18.0 Å². The Balaban J connectivity index is 1.72. The van der Waals surface area contributed by atoms with Crippen molar-refractivity contribution < 1.29 is 27.7 Å². The van der Waals surface area contributed by atoms with Crippen LogP contribution in [-0.4, -0.2) is 55.8 Å². The molecule has 1 fully saturated rings. The van der Waals surface area contributed by atoms with Crippen LogP contribution in [0.5, 0.6) is 5.75 Å². The van der Waals surface area contributed by atoms with Crippen LogP contribution in [0, 0.1) is 17.0 Å². The van der Waals surface area contributed by atoms with E-state index in [1.54, 1.807) is 19.1 Å². The first kappa shape index (κ1) is 31.5. The van der Waals surface area contributed by atoms with Gasteiger partial charge in [0.15, 0.2) is 0 Å². The summed E-state index contributed by atoms with van der Waals surface area (Å²) in [5.41, 5.74) is 0.863. The molecule has 0 bridgehead atoms. The molecule has 1 saturated carbocycles. The van der Waals surface area contributed by atoms with E-state index in [0.29, 0.717) is 11.3 Å². The van der Waals surface area contributed by atoms with Gasteiger partial charge in [-0.25, -0.2) is 8.42 Å². The van der Waals surface area contributed by atoms with Crippen molar-refractivity contribution in [1.82, 2.24) is 10.2 Å². The number of rotatable bonds is 12. The Kier molecular flexibility index (Phi) is 10.0. The average Bonchev–Trinajstić information content (AvgIpc) is 3.51. The Bertz CT molecular complexity index is 1560. The quantitative estimate of drug-likeness (QED) is 0.234. The third-order valence-electron chi connectivity index (χ3n) is 7.67. The highest BCUT2D eigenvalue weighted by molar-refractivity contribution is 7.92. The van der Waals surface area contributed by atoms with E-state index in [2.05, 4.69) is 5.32 Å². The average molecular weight is 609 g/mol. The fourth-order valence-corrected chi connectivity index (χ4v) is 6.54. The van der Waals surface area contributed by atoms with Crippen LogP contribution in [0.25, 0.3) is 0 Å². The first-order valence-corrected chi connectivity index (χ1v) is 15.5. The summed E-state index contributed by atoms with van der Waals surface area (Å²) in [5.74, 6) is -0.454. The van der Waals surface area contributed by atoms with Crippen LogP contribution in [0.4, 0.5) is 11.4 Å². The summed E-state index contributed by atoms with van der Waals surface area (Å²) < 4.78 is 34.2. The second-order valence-electron chi connectivity index (χ2n) is 10.6. The number of carbonyl (C=O) groups is 2. The molecule has 11 nitrogen and oxygen atoms in total. The molecule has 1 aliphatic rings. The molecule has 228 valence electrons. The minimum atomic E-state index is -4.47. The van der Waals surface area contributed by atoms with E-state index in [4.69, 9.17) is 4.74 Å².